The summed E-state index contributed by atoms with van der Waals surface area (Å²) < 4.78 is 7.49. The summed E-state index contributed by atoms with van der Waals surface area (Å²) in [5.41, 5.74) is 11.7. The van der Waals surface area contributed by atoms with Gasteiger partial charge in [-0.05, 0) is 67.5 Å². The van der Waals surface area contributed by atoms with Crippen molar-refractivity contribution < 1.29 is 9.53 Å². The average molecular weight is 509 g/mol. The highest BCUT2D eigenvalue weighted by Gasteiger charge is 2.19. The van der Waals surface area contributed by atoms with E-state index in [4.69, 9.17) is 10.5 Å². The molecule has 0 bridgehead atoms. The number of nitrogens with zero attached hydrogens (tertiary/aromatic N) is 2. The predicted octanol–water partition coefficient (Wildman–Crippen LogP) is 5.46. The van der Waals surface area contributed by atoms with E-state index in [-0.39, 0.29) is 11.0 Å². The molecule has 1 amide bonds. The first-order valence-electron chi connectivity index (χ1n) is 12.9. The van der Waals surface area contributed by atoms with E-state index >= 15 is 0 Å². The molecule has 0 saturated carbocycles. The molecular weight excluding hydrogens is 476 g/mol. The molecule has 38 heavy (non-hydrogen) atoms. The molecular formula is C31H32N4O3. The van der Waals surface area contributed by atoms with Gasteiger partial charge in [0.1, 0.15) is 11.4 Å². The van der Waals surface area contributed by atoms with Gasteiger partial charge in [0.2, 0.25) is 5.43 Å². The van der Waals surface area contributed by atoms with E-state index in [1.54, 1.807) is 12.4 Å². The van der Waals surface area contributed by atoms with E-state index in [0.717, 1.165) is 60.4 Å². The zero-order valence-electron chi connectivity index (χ0n) is 21.7. The predicted molar refractivity (Wildman–Crippen MR) is 151 cm³/mol. The summed E-state index contributed by atoms with van der Waals surface area (Å²) in [6.07, 6.45) is 7.15. The molecule has 3 N–H and O–H groups in total. The number of carbonyl (C=O) groups is 1. The lowest BCUT2D eigenvalue weighted by molar-refractivity contribution is 0.0612. The third-order valence-electron chi connectivity index (χ3n) is 7.12. The number of benzene rings is 2. The Labute approximate surface area is 222 Å². The number of carbonyl (C=O) groups excluding carboxylic acids is 1. The second-order valence-corrected chi connectivity index (χ2v) is 9.95. The van der Waals surface area contributed by atoms with E-state index < -0.39 is 5.91 Å². The van der Waals surface area contributed by atoms with E-state index in [1.807, 2.05) is 79.2 Å². The second-order valence-electron chi connectivity index (χ2n) is 9.95. The van der Waals surface area contributed by atoms with Gasteiger partial charge in [0.05, 0.1) is 0 Å². The summed E-state index contributed by atoms with van der Waals surface area (Å²) in [7, 11) is 0. The van der Waals surface area contributed by atoms with Crippen LogP contribution in [0.4, 0.5) is 11.5 Å². The molecule has 4 aromatic rings. The Kier molecular flexibility index (Phi) is 7.38. The van der Waals surface area contributed by atoms with Crippen molar-refractivity contribution in [2.24, 2.45) is 5.92 Å². The van der Waals surface area contributed by atoms with Crippen LogP contribution in [0.25, 0.3) is 22.3 Å². The fourth-order valence-electron chi connectivity index (χ4n) is 4.94. The van der Waals surface area contributed by atoms with Crippen LogP contribution in [0.5, 0.6) is 0 Å². The molecule has 1 saturated heterocycles. The minimum absolute atomic E-state index is 0.117. The Morgan fingerprint density at radius 1 is 1.00 bits per heavy atom. The van der Waals surface area contributed by atoms with Crippen molar-refractivity contribution in [3.05, 3.63) is 100 Å². The van der Waals surface area contributed by atoms with Crippen LogP contribution in [0.2, 0.25) is 0 Å². The minimum Gasteiger partial charge on any atom is -0.383 e. The van der Waals surface area contributed by atoms with Crippen molar-refractivity contribution in [1.82, 2.24) is 9.55 Å². The molecule has 1 aliphatic rings. The second kappa shape index (κ2) is 11.0. The highest BCUT2D eigenvalue weighted by Crippen LogP contribution is 2.29. The molecule has 1 fully saturated rings. The van der Waals surface area contributed by atoms with Gasteiger partial charge < -0.3 is 20.4 Å². The maximum absolute atomic E-state index is 13.5. The van der Waals surface area contributed by atoms with Gasteiger partial charge in [-0.15, -0.1) is 0 Å². The molecule has 194 valence electrons. The number of aryl methyl sites for hydroxylation is 2. The van der Waals surface area contributed by atoms with Crippen LogP contribution < -0.4 is 16.5 Å². The van der Waals surface area contributed by atoms with E-state index in [0.29, 0.717) is 23.0 Å². The Balaban J connectivity index is 1.45. The molecule has 0 atom stereocenters. The number of amides is 1. The van der Waals surface area contributed by atoms with Crippen LogP contribution in [-0.4, -0.2) is 28.7 Å². The fourth-order valence-corrected chi connectivity index (χ4v) is 4.94. The van der Waals surface area contributed by atoms with Gasteiger partial charge in [-0.2, -0.15) is 0 Å². The average Bonchev–Trinajstić information content (AvgIpc) is 2.91. The Morgan fingerprint density at radius 3 is 2.37 bits per heavy atom. The molecule has 0 spiro atoms. The quantitative estimate of drug-likeness (QED) is 0.361. The van der Waals surface area contributed by atoms with Crippen molar-refractivity contribution in [2.75, 3.05) is 24.3 Å². The molecule has 7 heteroatoms. The summed E-state index contributed by atoms with van der Waals surface area (Å²) in [5, 5.41) is 2.91. The van der Waals surface area contributed by atoms with Gasteiger partial charge in [0.15, 0.2) is 0 Å². The lowest BCUT2D eigenvalue weighted by atomic mass is 9.99. The maximum atomic E-state index is 13.5. The zero-order valence-corrected chi connectivity index (χ0v) is 21.7. The fraction of sp³-hybridized carbons (Fsp3) is 0.258. The summed E-state index contributed by atoms with van der Waals surface area (Å²) in [6.45, 7) is 6.19. The first-order chi connectivity index (χ1) is 18.4. The Morgan fingerprint density at radius 2 is 1.68 bits per heavy atom. The maximum Gasteiger partial charge on any atom is 0.261 e. The first kappa shape index (κ1) is 25.4. The van der Waals surface area contributed by atoms with Crippen molar-refractivity contribution in [3.63, 3.8) is 0 Å². The van der Waals surface area contributed by atoms with Crippen molar-refractivity contribution in [2.45, 2.75) is 33.2 Å². The van der Waals surface area contributed by atoms with Gasteiger partial charge in [-0.3, -0.25) is 9.59 Å². The molecule has 3 heterocycles. The zero-order chi connectivity index (χ0) is 26.6. The highest BCUT2D eigenvalue weighted by atomic mass is 16.5. The lowest BCUT2D eigenvalue weighted by Gasteiger charge is -2.23. The van der Waals surface area contributed by atoms with Gasteiger partial charge in [0.25, 0.3) is 5.91 Å². The van der Waals surface area contributed by atoms with Crippen LogP contribution in [-0.2, 0) is 11.3 Å². The third-order valence-corrected chi connectivity index (χ3v) is 7.12. The molecule has 0 radical (unpaired) electrons. The number of aromatic nitrogens is 2. The number of rotatable bonds is 6. The highest BCUT2D eigenvalue weighted by molar-refractivity contribution is 6.04. The minimum atomic E-state index is -0.436. The molecule has 2 aromatic heterocycles. The number of hydrogen-bond acceptors (Lipinski definition) is 5. The van der Waals surface area contributed by atoms with Crippen LogP contribution in [0.1, 0.15) is 34.3 Å². The van der Waals surface area contributed by atoms with E-state index in [2.05, 4.69) is 10.3 Å². The van der Waals surface area contributed by atoms with Crippen LogP contribution in [0.3, 0.4) is 0 Å². The summed E-state index contributed by atoms with van der Waals surface area (Å²) in [6, 6.07) is 17.1. The smallest absolute Gasteiger partial charge is 0.261 e. The summed E-state index contributed by atoms with van der Waals surface area (Å²) in [4.78, 5) is 31.1. The first-order valence-corrected chi connectivity index (χ1v) is 12.9. The van der Waals surface area contributed by atoms with Crippen LogP contribution >= 0.6 is 0 Å². The molecule has 2 aromatic carbocycles. The molecule has 5 rings (SSSR count). The monoisotopic (exact) mass is 508 g/mol. The molecule has 0 aliphatic carbocycles. The van der Waals surface area contributed by atoms with Gasteiger partial charge in [0, 0.05) is 55.2 Å². The van der Waals surface area contributed by atoms with Crippen LogP contribution in [0.15, 0.2) is 78.0 Å². The molecule has 0 unspecified atom stereocenters. The van der Waals surface area contributed by atoms with E-state index in [1.165, 1.54) is 0 Å². The van der Waals surface area contributed by atoms with Gasteiger partial charge >= 0.3 is 0 Å². The normalized spacial score (nSPS) is 13.8. The standard InChI is InChI=1S/C31H32N4O3/c1-20-3-5-23(6-4-20)26-18-35(17-22-12-15-38-16-13-22)19-27(29(26)36)31(37)34-25-9-7-24(8-10-25)28-21(2)11-14-33-30(28)32/h3-11,14,18-19,22H,12-13,15-17H2,1-2H3,(H2,32,33)(H,34,37). The molecule has 7 nitrogen and oxygen atoms in total. The van der Waals surface area contributed by atoms with Crippen molar-refractivity contribution >= 4 is 17.4 Å². The number of nitrogen functional groups attached to an aromatic ring is 1. The number of hydrogen-bond donors (Lipinski definition) is 2. The number of ether oxygens (including phenoxy) is 1. The van der Waals surface area contributed by atoms with E-state index in [9.17, 15) is 9.59 Å². The number of nitrogens with one attached hydrogen (secondary N) is 1. The Hall–Kier alpha value is -4.23. The number of nitrogens with two attached hydrogens (primary N) is 1. The number of pyridine rings is 2. The summed E-state index contributed by atoms with van der Waals surface area (Å²) in [5.74, 6) is 0.457. The van der Waals surface area contributed by atoms with Gasteiger partial charge in [-0.1, -0.05) is 42.0 Å². The topological polar surface area (TPSA) is 99.2 Å². The summed E-state index contributed by atoms with van der Waals surface area (Å²) >= 11 is 0. The largest absolute Gasteiger partial charge is 0.383 e. The van der Waals surface area contributed by atoms with Crippen molar-refractivity contribution in [3.8, 4) is 22.3 Å². The van der Waals surface area contributed by atoms with Gasteiger partial charge in [-0.25, -0.2) is 4.98 Å². The van der Waals surface area contributed by atoms with Crippen LogP contribution in [0, 0.1) is 19.8 Å². The third kappa shape index (κ3) is 5.53. The number of anilines is 2. The molecule has 1 aliphatic heterocycles. The SMILES string of the molecule is Cc1ccc(-c2cn(CC3CCOCC3)cc(C(=O)Nc3ccc(-c4c(C)ccnc4N)cc3)c2=O)cc1. The Bertz CT molecular complexity index is 1480. The lowest BCUT2D eigenvalue weighted by Crippen LogP contribution is -2.26. The van der Waals surface area contributed by atoms with Crippen molar-refractivity contribution in [1.29, 1.82) is 0 Å².